The van der Waals surface area contributed by atoms with E-state index in [0.29, 0.717) is 0 Å². The lowest BCUT2D eigenvalue weighted by Gasteiger charge is -2.22. The largest absolute Gasteiger partial charge is 0.346 e. The van der Waals surface area contributed by atoms with Gasteiger partial charge in [-0.05, 0) is 25.9 Å². The Balaban J connectivity index is 1.98. The summed E-state index contributed by atoms with van der Waals surface area (Å²) in [5.41, 5.74) is -0.125. The predicted octanol–water partition coefficient (Wildman–Crippen LogP) is 0.584. The van der Waals surface area contributed by atoms with Crippen LogP contribution in [0.25, 0.3) is 0 Å². The van der Waals surface area contributed by atoms with Gasteiger partial charge in [0.25, 0.3) is 5.91 Å². The normalized spacial score (nSPS) is 17.7. The lowest BCUT2D eigenvalue weighted by molar-refractivity contribution is 0.0919. The van der Waals surface area contributed by atoms with Gasteiger partial charge in [0.05, 0.1) is 0 Å². The summed E-state index contributed by atoms with van der Waals surface area (Å²) in [6.45, 7) is 7.99. The van der Waals surface area contributed by atoms with Crippen LogP contribution in [-0.2, 0) is 5.41 Å². The molecule has 1 amide bonds. The van der Waals surface area contributed by atoms with Gasteiger partial charge in [0.2, 0.25) is 5.82 Å². The molecule has 18 heavy (non-hydrogen) atoms. The molecule has 0 radical (unpaired) electrons. The standard InChI is InChI=1S/C12H21N5O/c1-12(2,3)11-15-9(16-17-11)10(18)14-8-4-6-13-7-5-8/h8,13H,4-7H2,1-3H3,(H,14,18)(H,15,16,17). The zero-order chi connectivity index (χ0) is 13.2. The van der Waals surface area contributed by atoms with E-state index in [9.17, 15) is 4.79 Å². The highest BCUT2D eigenvalue weighted by Crippen LogP contribution is 2.17. The molecule has 1 saturated heterocycles. The Bertz CT molecular complexity index is 414. The number of carbonyl (C=O) groups is 1. The summed E-state index contributed by atoms with van der Waals surface area (Å²) in [7, 11) is 0. The van der Waals surface area contributed by atoms with Crippen molar-refractivity contribution in [2.45, 2.75) is 45.1 Å². The summed E-state index contributed by atoms with van der Waals surface area (Å²) in [6.07, 6.45) is 1.92. The Morgan fingerprint density at radius 3 is 2.56 bits per heavy atom. The van der Waals surface area contributed by atoms with Gasteiger partial charge in [-0.1, -0.05) is 20.8 Å². The van der Waals surface area contributed by atoms with Gasteiger partial charge in [0.1, 0.15) is 5.82 Å². The fourth-order valence-electron chi connectivity index (χ4n) is 1.91. The summed E-state index contributed by atoms with van der Waals surface area (Å²) >= 11 is 0. The van der Waals surface area contributed by atoms with Gasteiger partial charge in [0.15, 0.2) is 0 Å². The smallest absolute Gasteiger partial charge is 0.291 e. The molecule has 1 aromatic rings. The molecule has 6 nitrogen and oxygen atoms in total. The number of rotatable bonds is 2. The highest BCUT2D eigenvalue weighted by molar-refractivity contribution is 5.90. The average molecular weight is 251 g/mol. The molecule has 1 aliphatic rings. The number of nitrogens with one attached hydrogen (secondary N) is 3. The highest BCUT2D eigenvalue weighted by Gasteiger charge is 2.23. The number of aromatic amines is 1. The number of amides is 1. The second kappa shape index (κ2) is 5.06. The Kier molecular flexibility index (Phi) is 3.65. The lowest BCUT2D eigenvalue weighted by Crippen LogP contribution is -2.43. The molecule has 0 aromatic carbocycles. The molecule has 0 spiro atoms. The minimum Gasteiger partial charge on any atom is -0.346 e. The van der Waals surface area contributed by atoms with Gasteiger partial charge in [-0.3, -0.25) is 9.89 Å². The zero-order valence-electron chi connectivity index (χ0n) is 11.2. The van der Waals surface area contributed by atoms with Crippen molar-refractivity contribution in [2.24, 2.45) is 0 Å². The van der Waals surface area contributed by atoms with E-state index < -0.39 is 0 Å². The van der Waals surface area contributed by atoms with E-state index in [4.69, 9.17) is 0 Å². The van der Waals surface area contributed by atoms with Crippen LogP contribution in [0.3, 0.4) is 0 Å². The maximum absolute atomic E-state index is 12.0. The van der Waals surface area contributed by atoms with Crippen molar-refractivity contribution >= 4 is 5.91 Å². The molecule has 0 saturated carbocycles. The molecule has 3 N–H and O–H groups in total. The fourth-order valence-corrected chi connectivity index (χ4v) is 1.91. The molecule has 6 heteroatoms. The van der Waals surface area contributed by atoms with E-state index in [1.54, 1.807) is 0 Å². The first-order chi connectivity index (χ1) is 8.47. The van der Waals surface area contributed by atoms with Crippen molar-refractivity contribution in [3.05, 3.63) is 11.6 Å². The van der Waals surface area contributed by atoms with Crippen LogP contribution < -0.4 is 10.6 Å². The van der Waals surface area contributed by atoms with Crippen molar-refractivity contribution in [3.63, 3.8) is 0 Å². The van der Waals surface area contributed by atoms with Crippen molar-refractivity contribution < 1.29 is 4.79 Å². The molecule has 2 rings (SSSR count). The van der Waals surface area contributed by atoms with Gasteiger partial charge >= 0.3 is 0 Å². The SMILES string of the molecule is CC(C)(C)c1nc(C(=O)NC2CCNCC2)n[nH]1. The second-order valence-corrected chi connectivity index (χ2v) is 5.76. The first-order valence-corrected chi connectivity index (χ1v) is 6.41. The molecular weight excluding hydrogens is 230 g/mol. The zero-order valence-corrected chi connectivity index (χ0v) is 11.2. The Labute approximate surface area is 107 Å². The minimum absolute atomic E-state index is 0.125. The molecule has 0 bridgehead atoms. The molecule has 1 fully saturated rings. The van der Waals surface area contributed by atoms with E-state index in [1.165, 1.54) is 0 Å². The molecule has 0 aliphatic carbocycles. The van der Waals surface area contributed by atoms with Gasteiger partial charge in [-0.25, -0.2) is 4.98 Å². The monoisotopic (exact) mass is 251 g/mol. The lowest BCUT2D eigenvalue weighted by atomic mass is 9.96. The first kappa shape index (κ1) is 13.0. The number of hydrogen-bond acceptors (Lipinski definition) is 4. The molecule has 1 aliphatic heterocycles. The van der Waals surface area contributed by atoms with Gasteiger partial charge in [-0.2, -0.15) is 0 Å². The van der Waals surface area contributed by atoms with Crippen LogP contribution in [0, 0.1) is 0 Å². The van der Waals surface area contributed by atoms with Crippen LogP contribution in [0.15, 0.2) is 0 Å². The quantitative estimate of drug-likeness (QED) is 0.718. The van der Waals surface area contributed by atoms with Crippen LogP contribution in [-0.4, -0.2) is 40.2 Å². The van der Waals surface area contributed by atoms with E-state index >= 15 is 0 Å². The maximum atomic E-state index is 12.0. The van der Waals surface area contributed by atoms with Crippen LogP contribution in [0.2, 0.25) is 0 Å². The number of carbonyl (C=O) groups excluding carboxylic acids is 1. The van der Waals surface area contributed by atoms with E-state index in [0.717, 1.165) is 31.8 Å². The molecule has 0 atom stereocenters. The van der Waals surface area contributed by atoms with E-state index in [1.807, 2.05) is 20.8 Å². The number of H-pyrrole nitrogens is 1. The summed E-state index contributed by atoms with van der Waals surface area (Å²) < 4.78 is 0. The predicted molar refractivity (Wildman–Crippen MR) is 68.4 cm³/mol. The molecule has 0 unspecified atom stereocenters. The Hall–Kier alpha value is -1.43. The maximum Gasteiger partial charge on any atom is 0.291 e. The third-order valence-electron chi connectivity index (χ3n) is 3.07. The average Bonchev–Trinajstić information content (AvgIpc) is 2.79. The summed E-state index contributed by atoms with van der Waals surface area (Å²) in [4.78, 5) is 16.2. The number of aromatic nitrogens is 3. The van der Waals surface area contributed by atoms with Crippen LogP contribution in [0.1, 0.15) is 50.1 Å². The summed E-state index contributed by atoms with van der Waals surface area (Å²) in [5, 5.41) is 13.1. The van der Waals surface area contributed by atoms with Crippen molar-refractivity contribution in [2.75, 3.05) is 13.1 Å². The third kappa shape index (κ3) is 3.07. The molecule has 2 heterocycles. The Morgan fingerprint density at radius 1 is 1.33 bits per heavy atom. The Morgan fingerprint density at radius 2 is 2.00 bits per heavy atom. The van der Waals surface area contributed by atoms with Crippen LogP contribution in [0.5, 0.6) is 0 Å². The molecular formula is C12H21N5O. The second-order valence-electron chi connectivity index (χ2n) is 5.76. The van der Waals surface area contributed by atoms with Gasteiger partial charge < -0.3 is 10.6 Å². The van der Waals surface area contributed by atoms with E-state index in [-0.39, 0.29) is 23.2 Å². The number of nitrogens with zero attached hydrogens (tertiary/aromatic N) is 2. The third-order valence-corrected chi connectivity index (χ3v) is 3.07. The van der Waals surface area contributed by atoms with Gasteiger partial charge in [-0.15, -0.1) is 5.10 Å². The summed E-state index contributed by atoms with van der Waals surface area (Å²) in [6, 6.07) is 0.232. The minimum atomic E-state index is -0.186. The number of piperidine rings is 1. The van der Waals surface area contributed by atoms with Crippen molar-refractivity contribution in [1.29, 1.82) is 0 Å². The van der Waals surface area contributed by atoms with E-state index in [2.05, 4.69) is 25.8 Å². The topological polar surface area (TPSA) is 82.7 Å². The highest BCUT2D eigenvalue weighted by atomic mass is 16.2. The summed E-state index contributed by atoms with van der Waals surface area (Å²) in [5.74, 6) is 0.782. The van der Waals surface area contributed by atoms with Crippen molar-refractivity contribution in [1.82, 2.24) is 25.8 Å². The molecule has 100 valence electrons. The van der Waals surface area contributed by atoms with Crippen LogP contribution in [0.4, 0.5) is 0 Å². The van der Waals surface area contributed by atoms with Crippen molar-refractivity contribution in [3.8, 4) is 0 Å². The molecule has 1 aromatic heterocycles. The number of hydrogen-bond donors (Lipinski definition) is 3. The first-order valence-electron chi connectivity index (χ1n) is 6.41. The fraction of sp³-hybridized carbons (Fsp3) is 0.750. The van der Waals surface area contributed by atoms with Crippen LogP contribution >= 0.6 is 0 Å². The van der Waals surface area contributed by atoms with Gasteiger partial charge in [0, 0.05) is 11.5 Å².